The summed E-state index contributed by atoms with van der Waals surface area (Å²) in [7, 11) is 0. The number of amides is 1. The standard InChI is InChI=1S/C20H27NO/c1-13-3-4-18(14(2)5-13)9-19(22)21-20-10-15-6-16(11-20)8-17(7-15)12-20/h3-5,15-17H,6-12H2,1-2H3,(H,21,22). The summed E-state index contributed by atoms with van der Waals surface area (Å²) in [6.45, 7) is 4.21. The summed E-state index contributed by atoms with van der Waals surface area (Å²) in [5.74, 6) is 2.88. The van der Waals surface area contributed by atoms with Crippen molar-refractivity contribution in [3.8, 4) is 0 Å². The van der Waals surface area contributed by atoms with Crippen molar-refractivity contribution in [2.45, 2.75) is 64.3 Å². The quantitative estimate of drug-likeness (QED) is 0.900. The smallest absolute Gasteiger partial charge is 0.224 e. The molecule has 4 aliphatic rings. The molecule has 0 aromatic heterocycles. The van der Waals surface area contributed by atoms with E-state index in [-0.39, 0.29) is 11.4 Å². The highest BCUT2D eigenvalue weighted by molar-refractivity contribution is 5.79. The maximum Gasteiger partial charge on any atom is 0.224 e. The summed E-state index contributed by atoms with van der Waals surface area (Å²) in [5.41, 5.74) is 3.82. The van der Waals surface area contributed by atoms with Crippen LogP contribution in [-0.4, -0.2) is 11.4 Å². The highest BCUT2D eigenvalue weighted by Gasteiger charge is 2.51. The van der Waals surface area contributed by atoms with Crippen LogP contribution in [0.3, 0.4) is 0 Å². The Bertz CT molecular complexity index is 568. The van der Waals surface area contributed by atoms with Gasteiger partial charge in [0.2, 0.25) is 5.91 Å². The second kappa shape index (κ2) is 5.11. The number of rotatable bonds is 3. The molecule has 1 amide bonds. The van der Waals surface area contributed by atoms with Crippen LogP contribution in [0.1, 0.15) is 55.2 Å². The van der Waals surface area contributed by atoms with Crippen molar-refractivity contribution in [2.24, 2.45) is 17.8 Å². The van der Waals surface area contributed by atoms with E-state index in [1.807, 2.05) is 0 Å². The van der Waals surface area contributed by atoms with E-state index in [0.717, 1.165) is 17.8 Å². The third-order valence-electron chi connectivity index (χ3n) is 6.29. The molecule has 0 unspecified atom stereocenters. The maximum atomic E-state index is 12.6. The molecule has 1 aromatic rings. The number of hydrogen-bond donors (Lipinski definition) is 1. The summed E-state index contributed by atoms with van der Waals surface area (Å²) in [4.78, 5) is 12.6. The van der Waals surface area contributed by atoms with E-state index >= 15 is 0 Å². The van der Waals surface area contributed by atoms with E-state index in [4.69, 9.17) is 0 Å². The minimum atomic E-state index is 0.143. The lowest BCUT2D eigenvalue weighted by atomic mass is 9.53. The van der Waals surface area contributed by atoms with Crippen LogP contribution in [0.5, 0.6) is 0 Å². The zero-order chi connectivity index (χ0) is 15.3. The Kier molecular flexibility index (Phi) is 3.32. The Morgan fingerprint density at radius 2 is 1.68 bits per heavy atom. The topological polar surface area (TPSA) is 29.1 Å². The highest BCUT2D eigenvalue weighted by atomic mass is 16.1. The van der Waals surface area contributed by atoms with Gasteiger partial charge in [-0.15, -0.1) is 0 Å². The van der Waals surface area contributed by atoms with Gasteiger partial charge in [0.15, 0.2) is 0 Å². The van der Waals surface area contributed by atoms with Gasteiger partial charge in [-0.3, -0.25) is 4.79 Å². The molecule has 4 bridgehead atoms. The van der Waals surface area contributed by atoms with E-state index in [1.165, 1.54) is 55.2 Å². The molecule has 1 N–H and O–H groups in total. The molecule has 5 rings (SSSR count). The van der Waals surface area contributed by atoms with Crippen LogP contribution in [0.25, 0.3) is 0 Å². The Morgan fingerprint density at radius 3 is 2.23 bits per heavy atom. The molecule has 2 nitrogen and oxygen atoms in total. The molecule has 0 heterocycles. The van der Waals surface area contributed by atoms with E-state index in [0.29, 0.717) is 6.42 Å². The van der Waals surface area contributed by atoms with Gasteiger partial charge in [-0.1, -0.05) is 23.8 Å². The Morgan fingerprint density at radius 1 is 1.09 bits per heavy atom. The fourth-order valence-corrected chi connectivity index (χ4v) is 5.82. The molecule has 4 fully saturated rings. The Balaban J connectivity index is 1.46. The molecule has 0 radical (unpaired) electrons. The predicted molar refractivity (Wildman–Crippen MR) is 88.7 cm³/mol. The van der Waals surface area contributed by atoms with Crippen molar-refractivity contribution in [3.05, 3.63) is 34.9 Å². The number of benzene rings is 1. The van der Waals surface area contributed by atoms with Crippen molar-refractivity contribution in [2.75, 3.05) is 0 Å². The maximum absolute atomic E-state index is 12.6. The molecule has 0 aliphatic heterocycles. The SMILES string of the molecule is Cc1ccc(CC(=O)NC23CC4CC(CC(C4)C2)C3)c(C)c1. The summed E-state index contributed by atoms with van der Waals surface area (Å²) in [5, 5.41) is 3.48. The molecule has 4 aliphatic carbocycles. The van der Waals surface area contributed by atoms with Gasteiger partial charge in [0.25, 0.3) is 0 Å². The number of hydrogen-bond acceptors (Lipinski definition) is 1. The fourth-order valence-electron chi connectivity index (χ4n) is 5.82. The van der Waals surface area contributed by atoms with Crippen LogP contribution in [0.2, 0.25) is 0 Å². The highest BCUT2D eigenvalue weighted by Crippen LogP contribution is 2.55. The number of carbonyl (C=O) groups is 1. The minimum Gasteiger partial charge on any atom is -0.350 e. The van der Waals surface area contributed by atoms with Gasteiger partial charge in [-0.2, -0.15) is 0 Å². The van der Waals surface area contributed by atoms with Crippen molar-refractivity contribution in [1.29, 1.82) is 0 Å². The average Bonchev–Trinajstić information content (AvgIpc) is 2.39. The van der Waals surface area contributed by atoms with Crippen LogP contribution in [0.4, 0.5) is 0 Å². The van der Waals surface area contributed by atoms with Crippen LogP contribution in [-0.2, 0) is 11.2 Å². The van der Waals surface area contributed by atoms with Gasteiger partial charge < -0.3 is 5.32 Å². The van der Waals surface area contributed by atoms with E-state index in [2.05, 4.69) is 37.4 Å². The molecule has 1 aromatic carbocycles. The van der Waals surface area contributed by atoms with Crippen molar-refractivity contribution < 1.29 is 4.79 Å². The van der Waals surface area contributed by atoms with Crippen LogP contribution in [0, 0.1) is 31.6 Å². The van der Waals surface area contributed by atoms with Gasteiger partial charge in [0.1, 0.15) is 0 Å². The Labute approximate surface area is 133 Å². The third-order valence-corrected chi connectivity index (χ3v) is 6.29. The normalized spacial score (nSPS) is 35.6. The zero-order valence-corrected chi connectivity index (χ0v) is 13.8. The molecule has 2 heteroatoms. The first-order valence-electron chi connectivity index (χ1n) is 8.88. The lowest BCUT2D eigenvalue weighted by Crippen LogP contribution is -2.60. The lowest BCUT2D eigenvalue weighted by molar-refractivity contribution is -0.126. The summed E-state index contributed by atoms with van der Waals surface area (Å²) >= 11 is 0. The summed E-state index contributed by atoms with van der Waals surface area (Å²) in [6.07, 6.45) is 8.51. The Hall–Kier alpha value is -1.31. The monoisotopic (exact) mass is 297 g/mol. The van der Waals surface area contributed by atoms with Crippen molar-refractivity contribution in [3.63, 3.8) is 0 Å². The number of carbonyl (C=O) groups excluding carboxylic acids is 1. The van der Waals surface area contributed by atoms with Crippen LogP contribution >= 0.6 is 0 Å². The molecule has 0 saturated heterocycles. The molecular weight excluding hydrogens is 270 g/mol. The van der Waals surface area contributed by atoms with Gasteiger partial charge in [0, 0.05) is 5.54 Å². The summed E-state index contributed by atoms with van der Waals surface area (Å²) < 4.78 is 0. The molecule has 118 valence electrons. The van der Waals surface area contributed by atoms with Gasteiger partial charge in [-0.05, 0) is 81.3 Å². The number of nitrogens with one attached hydrogen (secondary N) is 1. The largest absolute Gasteiger partial charge is 0.350 e. The number of aryl methyl sites for hydroxylation is 2. The second-order valence-corrected chi connectivity index (χ2v) is 8.35. The summed E-state index contributed by atoms with van der Waals surface area (Å²) in [6, 6.07) is 6.40. The third kappa shape index (κ3) is 2.57. The van der Waals surface area contributed by atoms with Gasteiger partial charge >= 0.3 is 0 Å². The van der Waals surface area contributed by atoms with Crippen LogP contribution in [0.15, 0.2) is 18.2 Å². The van der Waals surface area contributed by atoms with Crippen LogP contribution < -0.4 is 5.32 Å². The predicted octanol–water partition coefficient (Wildman–Crippen LogP) is 3.93. The van der Waals surface area contributed by atoms with Gasteiger partial charge in [0.05, 0.1) is 6.42 Å². The van der Waals surface area contributed by atoms with Crippen molar-refractivity contribution >= 4 is 5.91 Å². The molecule has 0 atom stereocenters. The van der Waals surface area contributed by atoms with E-state index < -0.39 is 0 Å². The zero-order valence-electron chi connectivity index (χ0n) is 13.8. The van der Waals surface area contributed by atoms with E-state index in [9.17, 15) is 4.79 Å². The molecule has 22 heavy (non-hydrogen) atoms. The van der Waals surface area contributed by atoms with Crippen molar-refractivity contribution in [1.82, 2.24) is 5.32 Å². The average molecular weight is 297 g/mol. The molecule has 0 spiro atoms. The first-order valence-corrected chi connectivity index (χ1v) is 8.88. The second-order valence-electron chi connectivity index (χ2n) is 8.35. The first-order chi connectivity index (χ1) is 10.5. The minimum absolute atomic E-state index is 0.143. The fraction of sp³-hybridized carbons (Fsp3) is 0.650. The molecule has 4 saturated carbocycles. The first kappa shape index (κ1) is 14.3. The van der Waals surface area contributed by atoms with E-state index in [1.54, 1.807) is 0 Å². The lowest BCUT2D eigenvalue weighted by Gasteiger charge is -2.56. The molecular formula is C20H27NO. The van der Waals surface area contributed by atoms with Gasteiger partial charge in [-0.25, -0.2) is 0 Å².